The quantitative estimate of drug-likeness (QED) is 0.471. The molecule has 0 aliphatic heterocycles. The first-order valence-electron chi connectivity index (χ1n) is 8.02. The van der Waals surface area contributed by atoms with Gasteiger partial charge in [-0.05, 0) is 19.3 Å². The van der Waals surface area contributed by atoms with Crippen LogP contribution in [-0.4, -0.2) is 35.0 Å². The number of esters is 1. The molecule has 0 heterocycles. The van der Waals surface area contributed by atoms with Gasteiger partial charge in [0.15, 0.2) is 0 Å². The SMILES string of the molecule is CCCC(C)C[C@](C)(CC(=O)O)NC(=O)O[C@H](C)OC(=O)CC. The third-order valence-electron chi connectivity index (χ3n) is 3.38. The molecule has 0 aromatic rings. The zero-order chi connectivity index (χ0) is 18.0. The lowest BCUT2D eigenvalue weighted by Crippen LogP contribution is -2.49. The van der Waals surface area contributed by atoms with Gasteiger partial charge in [0.05, 0.1) is 12.0 Å². The van der Waals surface area contributed by atoms with Crippen LogP contribution in [0.25, 0.3) is 0 Å². The van der Waals surface area contributed by atoms with E-state index in [1.54, 1.807) is 13.8 Å². The Kier molecular flexibility index (Phi) is 9.29. The fraction of sp³-hybridized carbons (Fsp3) is 0.812. The van der Waals surface area contributed by atoms with Crippen molar-refractivity contribution in [1.82, 2.24) is 5.32 Å². The Morgan fingerprint density at radius 2 is 1.78 bits per heavy atom. The minimum Gasteiger partial charge on any atom is -0.481 e. The summed E-state index contributed by atoms with van der Waals surface area (Å²) in [4.78, 5) is 34.2. The molecule has 0 saturated heterocycles. The molecule has 0 aromatic carbocycles. The maximum Gasteiger partial charge on any atom is 0.410 e. The van der Waals surface area contributed by atoms with E-state index in [4.69, 9.17) is 14.6 Å². The fourth-order valence-corrected chi connectivity index (χ4v) is 2.58. The largest absolute Gasteiger partial charge is 0.481 e. The predicted molar refractivity (Wildman–Crippen MR) is 84.8 cm³/mol. The van der Waals surface area contributed by atoms with E-state index < -0.39 is 29.9 Å². The van der Waals surface area contributed by atoms with Crippen molar-refractivity contribution >= 4 is 18.0 Å². The van der Waals surface area contributed by atoms with Crippen LogP contribution in [-0.2, 0) is 19.1 Å². The smallest absolute Gasteiger partial charge is 0.410 e. The molecule has 0 aliphatic carbocycles. The van der Waals surface area contributed by atoms with Gasteiger partial charge in [-0.25, -0.2) is 4.79 Å². The summed E-state index contributed by atoms with van der Waals surface area (Å²) in [5.41, 5.74) is -0.925. The lowest BCUT2D eigenvalue weighted by atomic mass is 9.85. The van der Waals surface area contributed by atoms with Crippen LogP contribution in [0, 0.1) is 5.92 Å². The molecule has 23 heavy (non-hydrogen) atoms. The van der Waals surface area contributed by atoms with Crippen molar-refractivity contribution in [1.29, 1.82) is 0 Å². The Labute approximate surface area is 137 Å². The van der Waals surface area contributed by atoms with Crippen molar-refractivity contribution in [3.63, 3.8) is 0 Å². The molecule has 0 spiro atoms. The predicted octanol–water partition coefficient (Wildman–Crippen LogP) is 3.07. The second-order valence-corrected chi connectivity index (χ2v) is 6.17. The molecule has 7 heteroatoms. The molecule has 0 bridgehead atoms. The topological polar surface area (TPSA) is 102 Å². The molecular weight excluding hydrogens is 302 g/mol. The van der Waals surface area contributed by atoms with Gasteiger partial charge in [-0.15, -0.1) is 0 Å². The van der Waals surface area contributed by atoms with Crippen LogP contribution in [0.1, 0.15) is 66.7 Å². The summed E-state index contributed by atoms with van der Waals surface area (Å²) in [5.74, 6) is -1.21. The highest BCUT2D eigenvalue weighted by Gasteiger charge is 2.32. The Hall–Kier alpha value is -1.79. The summed E-state index contributed by atoms with van der Waals surface area (Å²) < 4.78 is 9.80. The highest BCUT2D eigenvalue weighted by molar-refractivity contribution is 5.73. The van der Waals surface area contributed by atoms with Crippen molar-refractivity contribution in [2.45, 2.75) is 78.6 Å². The zero-order valence-corrected chi connectivity index (χ0v) is 14.7. The van der Waals surface area contributed by atoms with Gasteiger partial charge in [-0.2, -0.15) is 0 Å². The summed E-state index contributed by atoms with van der Waals surface area (Å²) in [6.07, 6.45) is 0.596. The van der Waals surface area contributed by atoms with Gasteiger partial charge in [-0.3, -0.25) is 9.59 Å². The van der Waals surface area contributed by atoms with E-state index >= 15 is 0 Å². The first-order valence-corrected chi connectivity index (χ1v) is 8.02. The van der Waals surface area contributed by atoms with E-state index in [1.807, 2.05) is 6.92 Å². The number of hydrogen-bond donors (Lipinski definition) is 2. The average molecular weight is 331 g/mol. The number of alkyl carbamates (subject to hydrolysis) is 1. The monoisotopic (exact) mass is 331 g/mol. The number of ether oxygens (including phenoxy) is 2. The molecule has 1 amide bonds. The molecular formula is C16H29NO6. The molecule has 2 N–H and O–H groups in total. The Balaban J connectivity index is 4.71. The maximum atomic E-state index is 11.9. The first-order chi connectivity index (χ1) is 10.6. The third-order valence-corrected chi connectivity index (χ3v) is 3.38. The average Bonchev–Trinajstić information content (AvgIpc) is 2.36. The molecule has 3 atom stereocenters. The van der Waals surface area contributed by atoms with Gasteiger partial charge < -0.3 is 19.9 Å². The van der Waals surface area contributed by atoms with Crippen LogP contribution >= 0.6 is 0 Å². The van der Waals surface area contributed by atoms with E-state index in [0.717, 1.165) is 12.8 Å². The Morgan fingerprint density at radius 3 is 2.26 bits per heavy atom. The standard InChI is InChI=1S/C16H29NO6/c1-6-8-11(3)9-16(5,10-13(18)19)17-15(21)23-12(4)22-14(20)7-2/h11-12H,6-10H2,1-5H3,(H,17,21)(H,18,19)/t11?,12-,16-/m1/s1. The highest BCUT2D eigenvalue weighted by Crippen LogP contribution is 2.24. The van der Waals surface area contributed by atoms with Gasteiger partial charge in [-0.1, -0.05) is 33.6 Å². The third kappa shape index (κ3) is 9.76. The van der Waals surface area contributed by atoms with Crippen LogP contribution in [0.2, 0.25) is 0 Å². The minimum absolute atomic E-state index is 0.181. The summed E-state index contributed by atoms with van der Waals surface area (Å²) in [7, 11) is 0. The van der Waals surface area contributed by atoms with Crippen LogP contribution in [0.15, 0.2) is 0 Å². The zero-order valence-electron chi connectivity index (χ0n) is 14.7. The molecule has 0 fully saturated rings. The molecule has 0 saturated carbocycles. The number of carbonyl (C=O) groups is 3. The summed E-state index contributed by atoms with van der Waals surface area (Å²) in [6.45, 7) is 8.81. The van der Waals surface area contributed by atoms with Crippen LogP contribution in [0.3, 0.4) is 0 Å². The fourth-order valence-electron chi connectivity index (χ4n) is 2.58. The van der Waals surface area contributed by atoms with E-state index in [9.17, 15) is 14.4 Å². The van der Waals surface area contributed by atoms with Crippen molar-refractivity contribution in [2.24, 2.45) is 5.92 Å². The number of amides is 1. The Morgan fingerprint density at radius 1 is 1.17 bits per heavy atom. The molecule has 0 aromatic heterocycles. The molecule has 0 radical (unpaired) electrons. The van der Waals surface area contributed by atoms with Crippen molar-refractivity contribution in [3.8, 4) is 0 Å². The van der Waals surface area contributed by atoms with E-state index in [1.165, 1.54) is 6.92 Å². The molecule has 134 valence electrons. The molecule has 1 unspecified atom stereocenters. The minimum atomic E-state index is -1.02. The van der Waals surface area contributed by atoms with E-state index in [-0.39, 0.29) is 18.8 Å². The van der Waals surface area contributed by atoms with Gasteiger partial charge >= 0.3 is 18.0 Å². The number of aliphatic carboxylic acids is 1. The van der Waals surface area contributed by atoms with Gasteiger partial charge in [0.25, 0.3) is 0 Å². The number of carbonyl (C=O) groups excluding carboxylic acids is 2. The maximum absolute atomic E-state index is 11.9. The Bertz CT molecular complexity index is 411. The highest BCUT2D eigenvalue weighted by atomic mass is 16.7. The number of rotatable bonds is 10. The number of hydrogen-bond acceptors (Lipinski definition) is 5. The van der Waals surface area contributed by atoms with Crippen LogP contribution in [0.4, 0.5) is 4.79 Å². The van der Waals surface area contributed by atoms with Gasteiger partial charge in [0, 0.05) is 13.3 Å². The summed E-state index contributed by atoms with van der Waals surface area (Å²) in [6, 6.07) is 0. The molecule has 7 nitrogen and oxygen atoms in total. The molecule has 0 aliphatic rings. The number of carboxylic acids is 1. The van der Waals surface area contributed by atoms with Gasteiger partial charge in [0.1, 0.15) is 0 Å². The summed E-state index contributed by atoms with van der Waals surface area (Å²) in [5, 5.41) is 11.7. The first kappa shape index (κ1) is 21.2. The lowest BCUT2D eigenvalue weighted by Gasteiger charge is -2.32. The van der Waals surface area contributed by atoms with Crippen molar-refractivity contribution in [2.75, 3.05) is 0 Å². The lowest BCUT2D eigenvalue weighted by molar-refractivity contribution is -0.164. The van der Waals surface area contributed by atoms with E-state index in [2.05, 4.69) is 12.2 Å². The normalized spacial score (nSPS) is 15.9. The van der Waals surface area contributed by atoms with Crippen molar-refractivity contribution in [3.05, 3.63) is 0 Å². The van der Waals surface area contributed by atoms with E-state index in [0.29, 0.717) is 6.42 Å². The number of carboxylic acid groups (broad SMARTS) is 1. The van der Waals surface area contributed by atoms with Crippen LogP contribution in [0.5, 0.6) is 0 Å². The second-order valence-electron chi connectivity index (χ2n) is 6.17. The second kappa shape index (κ2) is 10.1. The molecule has 0 rings (SSSR count). The summed E-state index contributed by atoms with van der Waals surface area (Å²) >= 11 is 0. The van der Waals surface area contributed by atoms with Gasteiger partial charge in [0.2, 0.25) is 6.29 Å². The van der Waals surface area contributed by atoms with Crippen LogP contribution < -0.4 is 5.32 Å². The number of nitrogens with one attached hydrogen (secondary N) is 1. The van der Waals surface area contributed by atoms with Crippen molar-refractivity contribution < 1.29 is 29.0 Å².